The number of hydrogen-bond donors (Lipinski definition) is 1. The van der Waals surface area contributed by atoms with E-state index in [0.717, 1.165) is 36.4 Å². The first-order valence-corrected chi connectivity index (χ1v) is 7.49. The Kier molecular flexibility index (Phi) is 4.69. The lowest BCUT2D eigenvalue weighted by molar-refractivity contribution is 0.283. The summed E-state index contributed by atoms with van der Waals surface area (Å²) in [6.45, 7) is 15.3. The maximum atomic E-state index is 5.90. The number of likely N-dealkylation sites (tertiary alicyclic amines) is 1. The van der Waals surface area contributed by atoms with Crippen LogP contribution in [0.3, 0.4) is 0 Å². The van der Waals surface area contributed by atoms with Crippen LogP contribution in [0.2, 0.25) is 0 Å². The third kappa shape index (κ3) is 3.83. The minimum Gasteiger partial charge on any atom is -0.465 e. The molecule has 0 saturated carbocycles. The van der Waals surface area contributed by atoms with Gasteiger partial charge >= 0.3 is 0 Å². The molecule has 0 aromatic carbocycles. The molecule has 2 heterocycles. The highest BCUT2D eigenvalue weighted by molar-refractivity contribution is 5.20. The molecule has 1 aromatic rings. The van der Waals surface area contributed by atoms with Gasteiger partial charge in [-0.15, -0.1) is 0 Å². The Bertz CT molecular complexity index is 401. The van der Waals surface area contributed by atoms with Crippen LogP contribution in [0.15, 0.2) is 10.5 Å². The zero-order valence-corrected chi connectivity index (χ0v) is 13.0. The van der Waals surface area contributed by atoms with E-state index in [1.807, 2.05) is 0 Å². The molecule has 1 N–H and O–H groups in total. The molecule has 19 heavy (non-hydrogen) atoms. The molecule has 0 spiro atoms. The third-order valence-electron chi connectivity index (χ3n) is 4.22. The Labute approximate surface area is 117 Å². The summed E-state index contributed by atoms with van der Waals surface area (Å²) >= 11 is 0. The fourth-order valence-electron chi connectivity index (χ4n) is 2.75. The predicted octanol–water partition coefficient (Wildman–Crippen LogP) is 3.17. The number of rotatable bonds is 5. The molecule has 0 bridgehead atoms. The second-order valence-corrected chi connectivity index (χ2v) is 6.48. The predicted molar refractivity (Wildman–Crippen MR) is 79.0 cm³/mol. The quantitative estimate of drug-likeness (QED) is 0.885. The van der Waals surface area contributed by atoms with Crippen LogP contribution in [-0.4, -0.2) is 24.0 Å². The van der Waals surface area contributed by atoms with Crippen molar-refractivity contribution in [2.45, 2.75) is 53.8 Å². The highest BCUT2D eigenvalue weighted by atomic mass is 16.3. The molecule has 2 unspecified atom stereocenters. The van der Waals surface area contributed by atoms with Gasteiger partial charge in [-0.1, -0.05) is 27.7 Å². The van der Waals surface area contributed by atoms with Crippen molar-refractivity contribution in [1.29, 1.82) is 0 Å². The van der Waals surface area contributed by atoms with Gasteiger partial charge in [0.15, 0.2) is 0 Å². The lowest BCUT2D eigenvalue weighted by atomic mass is 10.0. The van der Waals surface area contributed by atoms with Gasteiger partial charge in [0.2, 0.25) is 0 Å². The fourth-order valence-corrected chi connectivity index (χ4v) is 2.75. The highest BCUT2D eigenvalue weighted by Gasteiger charge is 2.26. The molecule has 108 valence electrons. The van der Waals surface area contributed by atoms with Gasteiger partial charge < -0.3 is 9.73 Å². The molecule has 2 atom stereocenters. The van der Waals surface area contributed by atoms with E-state index < -0.39 is 0 Å². The largest absolute Gasteiger partial charge is 0.465 e. The molecule has 3 nitrogen and oxygen atoms in total. The molecule has 1 aromatic heterocycles. The Morgan fingerprint density at radius 3 is 2.53 bits per heavy atom. The fraction of sp³-hybridized carbons (Fsp3) is 0.750. The normalized spacial score (nSPS) is 24.5. The minimum absolute atomic E-state index is 0.512. The Hall–Kier alpha value is -0.800. The smallest absolute Gasteiger partial charge is 0.118 e. The monoisotopic (exact) mass is 264 g/mol. The van der Waals surface area contributed by atoms with Crippen molar-refractivity contribution in [1.82, 2.24) is 10.2 Å². The number of nitrogens with one attached hydrogen (secondary N) is 1. The molecule has 0 radical (unpaired) electrons. The molecule has 3 heteroatoms. The average Bonchev–Trinajstić information content (AvgIpc) is 2.80. The Morgan fingerprint density at radius 1 is 1.32 bits per heavy atom. The van der Waals surface area contributed by atoms with Crippen molar-refractivity contribution in [2.24, 2.45) is 11.8 Å². The van der Waals surface area contributed by atoms with E-state index in [-0.39, 0.29) is 0 Å². The first-order chi connectivity index (χ1) is 8.95. The van der Waals surface area contributed by atoms with Gasteiger partial charge in [0.1, 0.15) is 11.5 Å². The summed E-state index contributed by atoms with van der Waals surface area (Å²) in [5, 5.41) is 3.45. The lowest BCUT2D eigenvalue weighted by Gasteiger charge is -2.12. The van der Waals surface area contributed by atoms with E-state index in [1.54, 1.807) is 0 Å². The number of furan rings is 1. The molecule has 1 aliphatic rings. The van der Waals surface area contributed by atoms with Crippen LogP contribution in [-0.2, 0) is 13.1 Å². The van der Waals surface area contributed by atoms with E-state index in [0.29, 0.717) is 6.04 Å². The summed E-state index contributed by atoms with van der Waals surface area (Å²) in [5.74, 6) is 3.78. The summed E-state index contributed by atoms with van der Waals surface area (Å²) in [5.41, 5.74) is 1.30. The van der Waals surface area contributed by atoms with E-state index >= 15 is 0 Å². The first kappa shape index (κ1) is 14.6. The van der Waals surface area contributed by atoms with E-state index in [9.17, 15) is 0 Å². The number of hydrogen-bond acceptors (Lipinski definition) is 3. The van der Waals surface area contributed by atoms with Crippen molar-refractivity contribution >= 4 is 0 Å². The van der Waals surface area contributed by atoms with Crippen LogP contribution in [0, 0.1) is 18.8 Å². The lowest BCUT2D eigenvalue weighted by Crippen LogP contribution is -2.22. The summed E-state index contributed by atoms with van der Waals surface area (Å²) in [7, 11) is 0. The summed E-state index contributed by atoms with van der Waals surface area (Å²) in [6, 6.07) is 2.73. The van der Waals surface area contributed by atoms with Gasteiger partial charge in [0, 0.05) is 31.2 Å². The third-order valence-corrected chi connectivity index (χ3v) is 4.22. The van der Waals surface area contributed by atoms with Gasteiger partial charge in [-0.05, 0) is 24.8 Å². The molecule has 1 saturated heterocycles. The van der Waals surface area contributed by atoms with Crippen molar-refractivity contribution < 1.29 is 4.42 Å². The van der Waals surface area contributed by atoms with Crippen molar-refractivity contribution in [3.05, 3.63) is 23.2 Å². The van der Waals surface area contributed by atoms with Crippen LogP contribution in [0.25, 0.3) is 0 Å². The van der Waals surface area contributed by atoms with Crippen LogP contribution in [0.4, 0.5) is 0 Å². The van der Waals surface area contributed by atoms with Gasteiger partial charge in [0.05, 0.1) is 6.54 Å². The van der Waals surface area contributed by atoms with Crippen LogP contribution in [0.5, 0.6) is 0 Å². The molecule has 1 aliphatic heterocycles. The second-order valence-electron chi connectivity index (χ2n) is 6.48. The van der Waals surface area contributed by atoms with Crippen molar-refractivity contribution in [3.8, 4) is 0 Å². The topological polar surface area (TPSA) is 28.4 Å². The highest BCUT2D eigenvalue weighted by Crippen LogP contribution is 2.25. The second kappa shape index (κ2) is 6.10. The van der Waals surface area contributed by atoms with Gasteiger partial charge in [-0.25, -0.2) is 0 Å². The summed E-state index contributed by atoms with van der Waals surface area (Å²) in [6.07, 6.45) is 0. The zero-order chi connectivity index (χ0) is 14.0. The number of nitrogens with zero attached hydrogens (tertiary/aromatic N) is 1. The van der Waals surface area contributed by atoms with Gasteiger partial charge in [-0.3, -0.25) is 4.90 Å². The minimum atomic E-state index is 0.512. The maximum absolute atomic E-state index is 5.90. The van der Waals surface area contributed by atoms with Crippen LogP contribution < -0.4 is 5.32 Å². The SMILES string of the molecule is Cc1oc(CN2CC(C)C(C)C2)cc1CNC(C)C. The van der Waals surface area contributed by atoms with Crippen molar-refractivity contribution in [2.75, 3.05) is 13.1 Å². The zero-order valence-electron chi connectivity index (χ0n) is 13.0. The van der Waals surface area contributed by atoms with E-state index in [1.165, 1.54) is 18.7 Å². The van der Waals surface area contributed by atoms with E-state index in [2.05, 4.69) is 50.9 Å². The summed E-state index contributed by atoms with van der Waals surface area (Å²) < 4.78 is 5.90. The number of aryl methyl sites for hydroxylation is 1. The Balaban J connectivity index is 1.93. The molecule has 0 amide bonds. The molecular weight excluding hydrogens is 236 g/mol. The molecule has 0 aliphatic carbocycles. The van der Waals surface area contributed by atoms with Gasteiger partial charge in [-0.2, -0.15) is 0 Å². The summed E-state index contributed by atoms with van der Waals surface area (Å²) in [4.78, 5) is 2.51. The Morgan fingerprint density at radius 2 is 1.95 bits per heavy atom. The maximum Gasteiger partial charge on any atom is 0.118 e. The van der Waals surface area contributed by atoms with Crippen LogP contribution >= 0.6 is 0 Å². The average molecular weight is 264 g/mol. The standard InChI is InChI=1S/C16H28N2O/c1-11(2)17-7-15-6-16(19-14(15)5)10-18-8-12(3)13(4)9-18/h6,11-13,17H,7-10H2,1-5H3. The van der Waals surface area contributed by atoms with Crippen molar-refractivity contribution in [3.63, 3.8) is 0 Å². The molecule has 1 fully saturated rings. The van der Waals surface area contributed by atoms with Gasteiger partial charge in [0.25, 0.3) is 0 Å². The molecular formula is C16H28N2O. The van der Waals surface area contributed by atoms with E-state index in [4.69, 9.17) is 4.42 Å². The van der Waals surface area contributed by atoms with Crippen LogP contribution in [0.1, 0.15) is 44.8 Å². The first-order valence-electron chi connectivity index (χ1n) is 7.49. The molecule has 2 rings (SSSR count).